The molecule has 2 aromatic heterocycles. The Hall–Kier alpha value is -3.96. The number of pyridine rings is 1. The number of sulfonamides is 1. The first-order chi connectivity index (χ1) is 18.1. The Morgan fingerprint density at radius 2 is 1.92 bits per heavy atom. The molecule has 10 nitrogen and oxygen atoms in total. The Labute approximate surface area is 224 Å². The summed E-state index contributed by atoms with van der Waals surface area (Å²) in [6.07, 6.45) is 2.94. The lowest BCUT2D eigenvalue weighted by molar-refractivity contribution is -0.124. The lowest BCUT2D eigenvalue weighted by Crippen LogP contribution is -2.32. The number of rotatable bonds is 8. The van der Waals surface area contributed by atoms with E-state index < -0.39 is 15.9 Å². The number of carbonyl (C=O) groups excluding carboxylic acids is 1. The van der Waals surface area contributed by atoms with E-state index in [9.17, 15) is 18.0 Å². The van der Waals surface area contributed by atoms with Gasteiger partial charge in [0, 0.05) is 30.4 Å². The summed E-state index contributed by atoms with van der Waals surface area (Å²) in [7, 11) is -1.09. The van der Waals surface area contributed by atoms with Crippen LogP contribution in [0.25, 0.3) is 22.0 Å². The molecule has 198 valence electrons. The summed E-state index contributed by atoms with van der Waals surface area (Å²) in [6.45, 7) is 3.51. The minimum atomic E-state index is -4.02. The second kappa shape index (κ2) is 10.8. The van der Waals surface area contributed by atoms with E-state index in [1.54, 1.807) is 57.3 Å². The van der Waals surface area contributed by atoms with Crippen LogP contribution in [-0.2, 0) is 21.4 Å². The van der Waals surface area contributed by atoms with Crippen molar-refractivity contribution in [3.05, 3.63) is 75.9 Å². The minimum Gasteiger partial charge on any atom is -0.480 e. The van der Waals surface area contributed by atoms with Gasteiger partial charge in [0.15, 0.2) is 0 Å². The topological polar surface area (TPSA) is 132 Å². The number of fused-ring (bicyclic) bond motifs is 1. The average Bonchev–Trinajstić information content (AvgIpc) is 2.90. The number of benzene rings is 2. The van der Waals surface area contributed by atoms with Gasteiger partial charge in [0.1, 0.15) is 5.69 Å². The molecule has 0 aliphatic carbocycles. The van der Waals surface area contributed by atoms with Gasteiger partial charge in [-0.25, -0.2) is 18.4 Å². The summed E-state index contributed by atoms with van der Waals surface area (Å²) < 4.78 is 35.6. The smallest absolute Gasteiger partial charge is 0.262 e. The van der Waals surface area contributed by atoms with E-state index in [4.69, 9.17) is 16.3 Å². The lowest BCUT2D eigenvalue weighted by Gasteiger charge is -2.15. The molecule has 38 heavy (non-hydrogen) atoms. The molecule has 0 fully saturated rings. The summed E-state index contributed by atoms with van der Waals surface area (Å²) in [5, 5.41) is 3.25. The van der Waals surface area contributed by atoms with Crippen molar-refractivity contribution in [2.45, 2.75) is 25.3 Å². The quantitative estimate of drug-likeness (QED) is 0.339. The van der Waals surface area contributed by atoms with E-state index in [2.05, 4.69) is 20.0 Å². The van der Waals surface area contributed by atoms with Crippen molar-refractivity contribution in [1.82, 2.24) is 19.9 Å². The predicted octanol–water partition coefficient (Wildman–Crippen LogP) is 3.61. The van der Waals surface area contributed by atoms with Crippen LogP contribution in [0.4, 0.5) is 5.69 Å². The average molecular weight is 556 g/mol. The number of carbonyl (C=O) groups is 1. The zero-order valence-electron chi connectivity index (χ0n) is 21.1. The van der Waals surface area contributed by atoms with Gasteiger partial charge >= 0.3 is 0 Å². The summed E-state index contributed by atoms with van der Waals surface area (Å²) in [5.41, 5.74) is 1.87. The van der Waals surface area contributed by atoms with Crippen LogP contribution in [0.3, 0.4) is 0 Å². The van der Waals surface area contributed by atoms with Gasteiger partial charge in [-0.2, -0.15) is 0 Å². The van der Waals surface area contributed by atoms with Crippen LogP contribution in [0.2, 0.25) is 5.02 Å². The van der Waals surface area contributed by atoms with E-state index >= 15 is 0 Å². The van der Waals surface area contributed by atoms with Crippen molar-refractivity contribution >= 4 is 44.1 Å². The van der Waals surface area contributed by atoms with Gasteiger partial charge in [0.25, 0.3) is 15.6 Å². The first kappa shape index (κ1) is 27.1. The summed E-state index contributed by atoms with van der Waals surface area (Å²) >= 11 is 6.13. The van der Waals surface area contributed by atoms with Crippen molar-refractivity contribution in [2.24, 2.45) is 5.92 Å². The highest BCUT2D eigenvalue weighted by molar-refractivity contribution is 7.92. The standard InChI is InChI=1S/C26H26ClN5O5S/c1-15(24(33)28-3)13-32-14-30-21-9-8-17(10-19(21)26(32)34)18-11-22(25(37-4)29-12-18)31-38(35,36)23-7-5-6-20(27)16(23)2/h5-12,14-15,31H,13H2,1-4H3,(H,28,33). The second-order valence-electron chi connectivity index (χ2n) is 8.70. The van der Waals surface area contributed by atoms with E-state index in [0.29, 0.717) is 32.6 Å². The first-order valence-electron chi connectivity index (χ1n) is 11.6. The van der Waals surface area contributed by atoms with E-state index in [1.807, 2.05) is 0 Å². The minimum absolute atomic E-state index is 0.0285. The van der Waals surface area contributed by atoms with Crippen LogP contribution < -0.4 is 20.3 Å². The summed E-state index contributed by atoms with van der Waals surface area (Å²) in [6, 6.07) is 11.3. The van der Waals surface area contributed by atoms with E-state index in [-0.39, 0.29) is 34.5 Å². The molecule has 1 amide bonds. The molecule has 0 radical (unpaired) electrons. The highest BCUT2D eigenvalue weighted by Crippen LogP contribution is 2.32. The van der Waals surface area contributed by atoms with Crippen LogP contribution >= 0.6 is 11.6 Å². The molecule has 12 heteroatoms. The molecule has 1 unspecified atom stereocenters. The molecule has 2 aromatic carbocycles. The Balaban J connectivity index is 1.74. The van der Waals surface area contributed by atoms with Crippen molar-refractivity contribution in [1.29, 1.82) is 0 Å². The van der Waals surface area contributed by atoms with Gasteiger partial charge < -0.3 is 10.1 Å². The monoisotopic (exact) mass is 555 g/mol. The normalized spacial score (nSPS) is 12.2. The molecule has 4 rings (SSSR count). The lowest BCUT2D eigenvalue weighted by atomic mass is 10.0. The fourth-order valence-electron chi connectivity index (χ4n) is 4.02. The second-order valence-corrected chi connectivity index (χ2v) is 10.8. The Kier molecular flexibility index (Phi) is 7.70. The third kappa shape index (κ3) is 5.34. The molecular formula is C26H26ClN5O5S. The maximum atomic E-state index is 13.2. The van der Waals surface area contributed by atoms with Crippen molar-refractivity contribution in [3.63, 3.8) is 0 Å². The van der Waals surface area contributed by atoms with Crippen LogP contribution in [0.15, 0.2) is 64.7 Å². The zero-order chi connectivity index (χ0) is 27.6. The van der Waals surface area contributed by atoms with Crippen LogP contribution in [-0.4, -0.2) is 43.0 Å². The number of ether oxygens (including phenoxy) is 1. The fraction of sp³-hybridized carbons (Fsp3) is 0.231. The molecule has 0 aliphatic rings. The Morgan fingerprint density at radius 3 is 2.63 bits per heavy atom. The van der Waals surface area contributed by atoms with Gasteiger partial charge in [-0.3, -0.25) is 18.9 Å². The molecule has 2 heterocycles. The van der Waals surface area contributed by atoms with Crippen molar-refractivity contribution in [3.8, 4) is 17.0 Å². The molecule has 2 N–H and O–H groups in total. The largest absolute Gasteiger partial charge is 0.480 e. The number of hydrogen-bond acceptors (Lipinski definition) is 7. The Bertz CT molecular complexity index is 1700. The van der Waals surface area contributed by atoms with Crippen molar-refractivity contribution in [2.75, 3.05) is 18.9 Å². The number of halogens is 1. The maximum Gasteiger partial charge on any atom is 0.262 e. The molecular weight excluding hydrogens is 530 g/mol. The predicted molar refractivity (Wildman–Crippen MR) is 146 cm³/mol. The number of methoxy groups -OCH3 is 1. The maximum absolute atomic E-state index is 13.2. The number of aromatic nitrogens is 3. The first-order valence-corrected chi connectivity index (χ1v) is 13.4. The van der Waals surface area contributed by atoms with E-state index in [1.165, 1.54) is 30.3 Å². The van der Waals surface area contributed by atoms with Crippen LogP contribution in [0.5, 0.6) is 5.88 Å². The summed E-state index contributed by atoms with van der Waals surface area (Å²) in [5.74, 6) is -0.535. The van der Waals surface area contributed by atoms with Crippen molar-refractivity contribution < 1.29 is 17.9 Å². The molecule has 0 saturated heterocycles. The number of anilines is 1. The van der Waals surface area contributed by atoms with E-state index in [0.717, 1.165) is 0 Å². The fourth-order valence-corrected chi connectivity index (χ4v) is 5.56. The molecule has 0 bridgehead atoms. The van der Waals surface area contributed by atoms with Gasteiger partial charge in [0.05, 0.1) is 35.2 Å². The number of hydrogen-bond donors (Lipinski definition) is 2. The third-order valence-electron chi connectivity index (χ3n) is 6.12. The van der Waals surface area contributed by atoms with Gasteiger partial charge in [-0.1, -0.05) is 30.7 Å². The number of nitrogens with one attached hydrogen (secondary N) is 2. The SMILES string of the molecule is CNC(=O)C(C)Cn1cnc2ccc(-c3cnc(OC)c(NS(=O)(=O)c4cccc(Cl)c4C)c3)cc2c1=O. The number of amides is 1. The molecule has 0 aliphatic heterocycles. The zero-order valence-corrected chi connectivity index (χ0v) is 22.7. The number of nitrogens with zero attached hydrogens (tertiary/aromatic N) is 3. The van der Waals surface area contributed by atoms with Gasteiger partial charge in [0.2, 0.25) is 11.8 Å². The third-order valence-corrected chi connectivity index (χ3v) is 8.04. The molecule has 4 aromatic rings. The van der Waals surface area contributed by atoms with Crippen LogP contribution in [0, 0.1) is 12.8 Å². The van der Waals surface area contributed by atoms with Crippen LogP contribution in [0.1, 0.15) is 12.5 Å². The van der Waals surface area contributed by atoms with Gasteiger partial charge in [-0.15, -0.1) is 0 Å². The summed E-state index contributed by atoms with van der Waals surface area (Å²) in [4.78, 5) is 33.7. The highest BCUT2D eigenvalue weighted by Gasteiger charge is 2.21. The van der Waals surface area contributed by atoms with Gasteiger partial charge in [-0.05, 0) is 48.4 Å². The molecule has 0 spiro atoms. The molecule has 0 saturated carbocycles. The molecule has 1 atom stereocenters. The highest BCUT2D eigenvalue weighted by atomic mass is 35.5. The Morgan fingerprint density at radius 1 is 1.16 bits per heavy atom.